The molecule has 1 aromatic heterocycles. The van der Waals surface area contributed by atoms with Gasteiger partial charge in [0.15, 0.2) is 0 Å². The molecule has 1 heterocycles. The minimum Gasteiger partial charge on any atom is -0.478 e. The Bertz CT molecular complexity index is 413. The van der Waals surface area contributed by atoms with Crippen LogP contribution < -0.4 is 5.32 Å². The standard InChI is InChI=1S/C14H25N3O2/c1-10(2)6-5-7-11(3)15-9-13-12(14(18)19)8-16-17(13)4/h8,10-11,15H,5-7,9H2,1-4H3,(H,18,19). The van der Waals surface area contributed by atoms with E-state index >= 15 is 0 Å². The van der Waals surface area contributed by atoms with E-state index in [2.05, 4.69) is 31.2 Å². The first kappa shape index (κ1) is 15.7. The summed E-state index contributed by atoms with van der Waals surface area (Å²) in [6, 6.07) is 0.385. The van der Waals surface area contributed by atoms with Crippen molar-refractivity contribution in [2.24, 2.45) is 13.0 Å². The van der Waals surface area contributed by atoms with Crippen LogP contribution in [0.15, 0.2) is 6.20 Å². The predicted octanol–water partition coefficient (Wildman–Crippen LogP) is 2.42. The third-order valence-corrected chi connectivity index (χ3v) is 3.33. The van der Waals surface area contributed by atoms with Crippen molar-refractivity contribution in [2.45, 2.75) is 52.6 Å². The van der Waals surface area contributed by atoms with Crippen LogP contribution in [0, 0.1) is 5.92 Å². The van der Waals surface area contributed by atoms with Gasteiger partial charge in [0.25, 0.3) is 0 Å². The Kier molecular flexibility index (Phi) is 6.02. The lowest BCUT2D eigenvalue weighted by molar-refractivity contribution is 0.0695. The average molecular weight is 267 g/mol. The molecule has 0 amide bonds. The lowest BCUT2D eigenvalue weighted by Crippen LogP contribution is -2.27. The molecule has 0 aliphatic carbocycles. The average Bonchev–Trinajstić information content (AvgIpc) is 2.67. The van der Waals surface area contributed by atoms with Crippen LogP contribution in [-0.4, -0.2) is 26.9 Å². The highest BCUT2D eigenvalue weighted by molar-refractivity contribution is 5.88. The molecule has 0 spiro atoms. The summed E-state index contributed by atoms with van der Waals surface area (Å²) >= 11 is 0. The van der Waals surface area contributed by atoms with Crippen molar-refractivity contribution in [3.05, 3.63) is 17.5 Å². The molecule has 0 aromatic carbocycles. The quantitative estimate of drug-likeness (QED) is 0.759. The second-order valence-electron chi connectivity index (χ2n) is 5.54. The van der Waals surface area contributed by atoms with E-state index in [1.54, 1.807) is 11.7 Å². The molecule has 0 aliphatic heterocycles. The summed E-state index contributed by atoms with van der Waals surface area (Å²) < 4.78 is 1.62. The van der Waals surface area contributed by atoms with Crippen LogP contribution in [0.25, 0.3) is 0 Å². The second kappa shape index (κ2) is 7.28. The maximum Gasteiger partial charge on any atom is 0.339 e. The number of aryl methyl sites for hydroxylation is 1. The summed E-state index contributed by atoms with van der Waals surface area (Å²) in [5.41, 5.74) is 1.01. The van der Waals surface area contributed by atoms with E-state index in [9.17, 15) is 4.79 Å². The zero-order valence-corrected chi connectivity index (χ0v) is 12.3. The van der Waals surface area contributed by atoms with Crippen LogP contribution >= 0.6 is 0 Å². The number of aromatic carboxylic acids is 1. The normalized spacial score (nSPS) is 12.9. The van der Waals surface area contributed by atoms with Gasteiger partial charge >= 0.3 is 5.97 Å². The molecule has 1 aromatic rings. The minimum absolute atomic E-state index is 0.282. The maximum absolute atomic E-state index is 11.0. The van der Waals surface area contributed by atoms with Crippen LogP contribution in [0.3, 0.4) is 0 Å². The maximum atomic E-state index is 11.0. The number of hydrogen-bond acceptors (Lipinski definition) is 3. The van der Waals surface area contributed by atoms with Crippen molar-refractivity contribution < 1.29 is 9.90 Å². The van der Waals surface area contributed by atoms with E-state index < -0.39 is 5.97 Å². The highest BCUT2D eigenvalue weighted by Gasteiger charge is 2.15. The van der Waals surface area contributed by atoms with E-state index in [-0.39, 0.29) is 5.56 Å². The highest BCUT2D eigenvalue weighted by Crippen LogP contribution is 2.10. The van der Waals surface area contributed by atoms with Crippen molar-refractivity contribution in [1.82, 2.24) is 15.1 Å². The van der Waals surface area contributed by atoms with Gasteiger partial charge < -0.3 is 10.4 Å². The van der Waals surface area contributed by atoms with Gasteiger partial charge in [0.1, 0.15) is 5.56 Å². The molecule has 1 atom stereocenters. The molecule has 0 saturated carbocycles. The number of rotatable bonds is 8. The number of hydrogen-bond donors (Lipinski definition) is 2. The SMILES string of the molecule is CC(C)CCCC(C)NCc1c(C(=O)O)cnn1C. The molecule has 1 unspecified atom stereocenters. The molecule has 0 saturated heterocycles. The van der Waals surface area contributed by atoms with Crippen LogP contribution in [0.2, 0.25) is 0 Å². The summed E-state index contributed by atoms with van der Waals surface area (Å²) in [6.45, 7) is 7.14. The summed E-state index contributed by atoms with van der Waals surface area (Å²) in [5.74, 6) is -0.180. The molecule has 5 heteroatoms. The second-order valence-corrected chi connectivity index (χ2v) is 5.54. The third kappa shape index (κ3) is 5.03. The molecule has 0 radical (unpaired) electrons. The smallest absolute Gasteiger partial charge is 0.339 e. The summed E-state index contributed by atoms with van der Waals surface area (Å²) in [7, 11) is 1.77. The number of carboxylic acid groups (broad SMARTS) is 1. The van der Waals surface area contributed by atoms with Crippen LogP contribution in [-0.2, 0) is 13.6 Å². The van der Waals surface area contributed by atoms with Crippen molar-refractivity contribution in [2.75, 3.05) is 0 Å². The van der Waals surface area contributed by atoms with E-state index in [0.29, 0.717) is 12.6 Å². The Morgan fingerprint density at radius 2 is 2.11 bits per heavy atom. The van der Waals surface area contributed by atoms with E-state index in [4.69, 9.17) is 5.11 Å². The molecule has 1 rings (SSSR count). The summed E-state index contributed by atoms with van der Waals surface area (Å²) in [5, 5.41) is 16.4. The summed E-state index contributed by atoms with van der Waals surface area (Å²) in [6.07, 6.45) is 4.95. The van der Waals surface area contributed by atoms with Gasteiger partial charge in [-0.15, -0.1) is 0 Å². The fourth-order valence-corrected chi connectivity index (χ4v) is 2.06. The van der Waals surface area contributed by atoms with Gasteiger partial charge in [0.2, 0.25) is 0 Å². The minimum atomic E-state index is -0.919. The molecule has 0 fully saturated rings. The number of nitrogens with one attached hydrogen (secondary N) is 1. The zero-order chi connectivity index (χ0) is 14.4. The summed E-state index contributed by atoms with van der Waals surface area (Å²) in [4.78, 5) is 11.0. The highest BCUT2D eigenvalue weighted by atomic mass is 16.4. The van der Waals surface area contributed by atoms with Gasteiger partial charge in [0, 0.05) is 19.6 Å². The Morgan fingerprint density at radius 3 is 2.68 bits per heavy atom. The van der Waals surface area contributed by atoms with Gasteiger partial charge in [-0.2, -0.15) is 5.10 Å². The number of nitrogens with zero attached hydrogens (tertiary/aromatic N) is 2. The van der Waals surface area contributed by atoms with Crippen LogP contribution in [0.1, 0.15) is 56.1 Å². The molecule has 5 nitrogen and oxygen atoms in total. The van der Waals surface area contributed by atoms with Crippen LogP contribution in [0.5, 0.6) is 0 Å². The number of carboxylic acids is 1. The first-order valence-electron chi connectivity index (χ1n) is 6.89. The fraction of sp³-hybridized carbons (Fsp3) is 0.714. The topological polar surface area (TPSA) is 67.2 Å². The van der Waals surface area contributed by atoms with Crippen molar-refractivity contribution in [1.29, 1.82) is 0 Å². The number of aromatic nitrogens is 2. The van der Waals surface area contributed by atoms with Gasteiger partial charge in [-0.3, -0.25) is 4.68 Å². The predicted molar refractivity (Wildman–Crippen MR) is 75.2 cm³/mol. The van der Waals surface area contributed by atoms with Crippen molar-refractivity contribution in [3.8, 4) is 0 Å². The molecule has 108 valence electrons. The number of carbonyl (C=O) groups is 1. The molecule has 2 N–H and O–H groups in total. The lowest BCUT2D eigenvalue weighted by Gasteiger charge is -2.15. The Morgan fingerprint density at radius 1 is 1.42 bits per heavy atom. The largest absolute Gasteiger partial charge is 0.478 e. The van der Waals surface area contributed by atoms with Gasteiger partial charge in [-0.05, 0) is 19.3 Å². The Labute approximate surface area is 115 Å². The van der Waals surface area contributed by atoms with E-state index in [0.717, 1.165) is 18.0 Å². The Balaban J connectivity index is 2.43. The molecular weight excluding hydrogens is 242 g/mol. The monoisotopic (exact) mass is 267 g/mol. The Hall–Kier alpha value is -1.36. The van der Waals surface area contributed by atoms with E-state index in [1.807, 2.05) is 0 Å². The van der Waals surface area contributed by atoms with Gasteiger partial charge in [0.05, 0.1) is 11.9 Å². The van der Waals surface area contributed by atoms with Gasteiger partial charge in [-0.1, -0.05) is 26.7 Å². The first-order chi connectivity index (χ1) is 8.91. The third-order valence-electron chi connectivity index (χ3n) is 3.33. The van der Waals surface area contributed by atoms with Crippen molar-refractivity contribution >= 4 is 5.97 Å². The molecular formula is C14H25N3O2. The molecule has 0 aliphatic rings. The first-order valence-corrected chi connectivity index (χ1v) is 6.89. The fourth-order valence-electron chi connectivity index (χ4n) is 2.06. The molecule has 19 heavy (non-hydrogen) atoms. The van der Waals surface area contributed by atoms with E-state index in [1.165, 1.54) is 19.0 Å². The molecule has 0 bridgehead atoms. The van der Waals surface area contributed by atoms with Crippen LogP contribution in [0.4, 0.5) is 0 Å². The lowest BCUT2D eigenvalue weighted by atomic mass is 10.0. The zero-order valence-electron chi connectivity index (χ0n) is 12.3. The van der Waals surface area contributed by atoms with Crippen molar-refractivity contribution in [3.63, 3.8) is 0 Å². The van der Waals surface area contributed by atoms with Gasteiger partial charge in [-0.25, -0.2) is 4.79 Å².